The summed E-state index contributed by atoms with van der Waals surface area (Å²) in [7, 11) is -3.34. The van der Waals surface area contributed by atoms with Crippen molar-refractivity contribution in [3.05, 3.63) is 30.3 Å². The fourth-order valence-corrected chi connectivity index (χ4v) is 3.90. The molecule has 1 aliphatic heterocycles. The van der Waals surface area contributed by atoms with Gasteiger partial charge in [0.05, 0.1) is 4.90 Å². The van der Waals surface area contributed by atoms with E-state index in [4.69, 9.17) is 4.74 Å². The van der Waals surface area contributed by atoms with Crippen molar-refractivity contribution in [1.82, 2.24) is 0 Å². The van der Waals surface area contributed by atoms with Gasteiger partial charge in [-0.1, -0.05) is 18.2 Å². The van der Waals surface area contributed by atoms with Crippen LogP contribution >= 0.6 is 0 Å². The number of hydrogen-bond acceptors (Lipinski definition) is 3. The number of ether oxygens (including phenoxy) is 1. The van der Waals surface area contributed by atoms with Gasteiger partial charge in [-0.05, 0) is 37.8 Å². The molecule has 2 aliphatic rings. The molecule has 3 nitrogen and oxygen atoms in total. The number of epoxide rings is 1. The summed E-state index contributed by atoms with van der Waals surface area (Å²) in [5, 5.41) is 0. The first-order valence-electron chi connectivity index (χ1n) is 5.53. The summed E-state index contributed by atoms with van der Waals surface area (Å²) in [5.41, 5.74) is 0. The highest BCUT2D eigenvalue weighted by molar-refractivity contribution is 7.93. The van der Waals surface area contributed by atoms with Gasteiger partial charge in [0.1, 0.15) is 6.10 Å². The summed E-state index contributed by atoms with van der Waals surface area (Å²) >= 11 is 0. The third-order valence-electron chi connectivity index (χ3n) is 3.46. The Bertz CT molecular complexity index is 504. The molecule has 0 bridgehead atoms. The largest absolute Gasteiger partial charge is 0.349 e. The lowest BCUT2D eigenvalue weighted by Gasteiger charge is -2.08. The van der Waals surface area contributed by atoms with Crippen molar-refractivity contribution >= 4 is 9.84 Å². The van der Waals surface area contributed by atoms with E-state index < -0.39 is 14.8 Å². The molecule has 1 saturated heterocycles. The van der Waals surface area contributed by atoms with E-state index in [2.05, 4.69) is 0 Å². The van der Waals surface area contributed by atoms with E-state index in [1.807, 2.05) is 6.07 Å². The number of hydrogen-bond donors (Lipinski definition) is 0. The first-order valence-corrected chi connectivity index (χ1v) is 7.01. The Morgan fingerprint density at radius 1 is 1.25 bits per heavy atom. The molecule has 0 amide bonds. The van der Waals surface area contributed by atoms with Crippen LogP contribution in [0.2, 0.25) is 0 Å². The van der Waals surface area contributed by atoms with Crippen molar-refractivity contribution in [3.8, 4) is 0 Å². The summed E-state index contributed by atoms with van der Waals surface area (Å²) in [6.07, 6.45) is 2.12. The third-order valence-corrected chi connectivity index (χ3v) is 5.75. The first kappa shape index (κ1) is 10.3. The predicted octanol–water partition coefficient (Wildman–Crippen LogP) is 1.99. The van der Waals surface area contributed by atoms with E-state index in [1.54, 1.807) is 31.2 Å². The topological polar surface area (TPSA) is 46.7 Å². The maximum absolute atomic E-state index is 12.3. The van der Waals surface area contributed by atoms with Crippen LogP contribution in [0.25, 0.3) is 0 Å². The van der Waals surface area contributed by atoms with Gasteiger partial charge in [0, 0.05) is 0 Å². The first-order chi connectivity index (χ1) is 7.56. The highest BCUT2D eigenvalue weighted by atomic mass is 32.2. The standard InChI is InChI=1S/C12H14O3S/c1-12(11(15-12)9-7-8-9)16(13,14)10-5-3-2-4-6-10/h2-6,9,11H,7-8H2,1H3. The quantitative estimate of drug-likeness (QED) is 0.756. The summed E-state index contributed by atoms with van der Waals surface area (Å²) in [4.78, 5) is -0.615. The Kier molecular flexibility index (Phi) is 1.98. The van der Waals surface area contributed by atoms with E-state index in [0.29, 0.717) is 10.8 Å². The van der Waals surface area contributed by atoms with Gasteiger partial charge >= 0.3 is 0 Å². The van der Waals surface area contributed by atoms with E-state index in [9.17, 15) is 8.42 Å². The lowest BCUT2D eigenvalue weighted by molar-refractivity contribution is 0.343. The van der Waals surface area contributed by atoms with Gasteiger partial charge in [-0.3, -0.25) is 0 Å². The molecular weight excluding hydrogens is 224 g/mol. The normalized spacial score (nSPS) is 33.7. The lowest BCUT2D eigenvalue weighted by Crippen LogP contribution is -2.24. The van der Waals surface area contributed by atoms with Gasteiger partial charge in [0.2, 0.25) is 9.84 Å². The van der Waals surface area contributed by atoms with Crippen LogP contribution in [0.1, 0.15) is 19.8 Å². The number of rotatable bonds is 3. The third kappa shape index (κ3) is 1.33. The van der Waals surface area contributed by atoms with Crippen molar-refractivity contribution in [1.29, 1.82) is 0 Å². The SMILES string of the molecule is CC1(S(=O)(=O)c2ccccc2)OC1C1CC1. The van der Waals surface area contributed by atoms with Crippen LogP contribution in [0.15, 0.2) is 35.2 Å². The van der Waals surface area contributed by atoms with E-state index >= 15 is 0 Å². The molecule has 0 aromatic heterocycles. The minimum atomic E-state index is -3.34. The van der Waals surface area contributed by atoms with Crippen molar-refractivity contribution in [2.75, 3.05) is 0 Å². The maximum Gasteiger partial charge on any atom is 0.210 e. The van der Waals surface area contributed by atoms with Crippen molar-refractivity contribution in [2.45, 2.75) is 35.7 Å². The number of sulfone groups is 1. The van der Waals surface area contributed by atoms with Gasteiger partial charge in [-0.15, -0.1) is 0 Å². The zero-order valence-corrected chi connectivity index (χ0v) is 9.91. The Balaban J connectivity index is 1.95. The molecule has 1 heterocycles. The molecule has 2 unspecified atom stereocenters. The average Bonchev–Trinajstić information content (AvgIpc) is 3.13. The minimum Gasteiger partial charge on any atom is -0.349 e. The molecular formula is C12H14O3S. The molecule has 1 aromatic rings. The molecule has 3 rings (SSSR count). The van der Waals surface area contributed by atoms with Gasteiger partial charge < -0.3 is 4.74 Å². The van der Waals surface area contributed by atoms with Crippen LogP contribution in [0.3, 0.4) is 0 Å². The van der Waals surface area contributed by atoms with Crippen LogP contribution in [0.5, 0.6) is 0 Å². The van der Waals surface area contributed by atoms with Gasteiger partial charge in [0.15, 0.2) is 4.93 Å². The molecule has 2 fully saturated rings. The second kappa shape index (κ2) is 3.08. The molecule has 4 heteroatoms. The molecule has 2 atom stereocenters. The van der Waals surface area contributed by atoms with Gasteiger partial charge in [-0.2, -0.15) is 0 Å². The fraction of sp³-hybridized carbons (Fsp3) is 0.500. The Hall–Kier alpha value is -0.870. The zero-order chi connectivity index (χ0) is 11.4. The maximum atomic E-state index is 12.3. The summed E-state index contributed by atoms with van der Waals surface area (Å²) in [5.74, 6) is 0.462. The van der Waals surface area contributed by atoms with Crippen molar-refractivity contribution < 1.29 is 13.2 Å². The molecule has 0 radical (unpaired) electrons. The monoisotopic (exact) mass is 238 g/mol. The van der Waals surface area contributed by atoms with Crippen LogP contribution in [-0.2, 0) is 14.6 Å². The van der Waals surface area contributed by atoms with Crippen molar-refractivity contribution in [3.63, 3.8) is 0 Å². The van der Waals surface area contributed by atoms with Gasteiger partial charge in [-0.25, -0.2) is 8.42 Å². The molecule has 1 saturated carbocycles. The Morgan fingerprint density at radius 3 is 2.44 bits per heavy atom. The Morgan fingerprint density at radius 2 is 1.88 bits per heavy atom. The fourth-order valence-electron chi connectivity index (χ4n) is 2.19. The molecule has 86 valence electrons. The van der Waals surface area contributed by atoms with Crippen LogP contribution in [0.4, 0.5) is 0 Å². The number of benzene rings is 1. The van der Waals surface area contributed by atoms with Crippen LogP contribution in [-0.4, -0.2) is 19.5 Å². The van der Waals surface area contributed by atoms with Crippen LogP contribution in [0, 0.1) is 5.92 Å². The second-order valence-corrected chi connectivity index (χ2v) is 7.00. The smallest absolute Gasteiger partial charge is 0.210 e. The van der Waals surface area contributed by atoms with Crippen LogP contribution < -0.4 is 0 Å². The lowest BCUT2D eigenvalue weighted by atomic mass is 10.2. The average molecular weight is 238 g/mol. The highest BCUT2D eigenvalue weighted by Crippen LogP contribution is 2.54. The van der Waals surface area contributed by atoms with E-state index in [1.165, 1.54) is 0 Å². The molecule has 1 aromatic carbocycles. The summed E-state index contributed by atoms with van der Waals surface area (Å²) in [6, 6.07) is 8.56. The van der Waals surface area contributed by atoms with Crippen molar-refractivity contribution in [2.24, 2.45) is 5.92 Å². The molecule has 1 aliphatic carbocycles. The zero-order valence-electron chi connectivity index (χ0n) is 9.09. The van der Waals surface area contributed by atoms with E-state index in [0.717, 1.165) is 12.8 Å². The molecule has 0 spiro atoms. The summed E-state index contributed by atoms with van der Waals surface area (Å²) < 4.78 is 30.1. The van der Waals surface area contributed by atoms with E-state index in [-0.39, 0.29) is 6.10 Å². The minimum absolute atomic E-state index is 0.0855. The van der Waals surface area contributed by atoms with Gasteiger partial charge in [0.25, 0.3) is 0 Å². The second-order valence-electron chi connectivity index (χ2n) is 4.71. The highest BCUT2D eigenvalue weighted by Gasteiger charge is 2.67. The Labute approximate surface area is 95.3 Å². The molecule has 0 N–H and O–H groups in total. The predicted molar refractivity (Wildman–Crippen MR) is 59.6 cm³/mol. The summed E-state index contributed by atoms with van der Waals surface area (Å²) in [6.45, 7) is 1.69. The molecule has 16 heavy (non-hydrogen) atoms.